The van der Waals surface area contributed by atoms with Crippen molar-refractivity contribution in [1.29, 1.82) is 0 Å². The van der Waals surface area contributed by atoms with Crippen molar-refractivity contribution < 1.29 is 19.4 Å². The van der Waals surface area contributed by atoms with E-state index in [-0.39, 0.29) is 18.0 Å². The number of ether oxygens (including phenoxy) is 1. The number of rotatable bonds is 10. The molecule has 2 aromatic heterocycles. The molecule has 2 atom stereocenters. The van der Waals surface area contributed by atoms with Crippen molar-refractivity contribution in [3.8, 4) is 17.1 Å². The number of amides is 2. The Kier molecular flexibility index (Phi) is 8.25. The zero-order valence-corrected chi connectivity index (χ0v) is 23.2. The topological polar surface area (TPSA) is 122 Å². The molecule has 216 valence electrons. The third kappa shape index (κ3) is 6.50. The second-order valence-electron chi connectivity index (χ2n) is 10.7. The van der Waals surface area contributed by atoms with E-state index in [0.29, 0.717) is 19.0 Å². The number of aliphatic hydroxyl groups excluding tert-OH is 1. The minimum Gasteiger partial charge on any atom is -0.381 e. The van der Waals surface area contributed by atoms with Crippen LogP contribution in [-0.2, 0) is 16.0 Å². The molecule has 6 rings (SSSR count). The fraction of sp³-hybridized carbons (Fsp3) is 0.312. The highest BCUT2D eigenvalue weighted by atomic mass is 16.5. The summed E-state index contributed by atoms with van der Waals surface area (Å²) in [6.45, 7) is 3.09. The summed E-state index contributed by atoms with van der Waals surface area (Å²) in [6, 6.07) is 22.1. The van der Waals surface area contributed by atoms with Crippen LogP contribution in [-0.4, -0.2) is 76.2 Å². The summed E-state index contributed by atoms with van der Waals surface area (Å²) in [5.41, 5.74) is 3.98. The van der Waals surface area contributed by atoms with Crippen LogP contribution >= 0.6 is 0 Å². The molecule has 4 aromatic rings. The standard InChI is InChI=1S/C32H34N6O4/c39-29(32(41)34-24-11-12-24)28(20-22-6-2-1-3-7-22)35-31(40)26-10-5-14-33-30(26)38-15-13-27(36-38)23-8-4-9-25(21-23)37-16-18-42-19-17-37/h1-10,13-15,21,24,28-29,39H,11-12,16-20H2,(H,34,41)(H,35,40). The Morgan fingerprint density at radius 2 is 1.81 bits per heavy atom. The lowest BCUT2D eigenvalue weighted by Crippen LogP contribution is -2.52. The summed E-state index contributed by atoms with van der Waals surface area (Å²) in [7, 11) is 0. The highest BCUT2D eigenvalue weighted by Gasteiger charge is 2.32. The minimum atomic E-state index is -1.41. The van der Waals surface area contributed by atoms with Gasteiger partial charge in [-0.1, -0.05) is 42.5 Å². The van der Waals surface area contributed by atoms with Crippen LogP contribution in [0.2, 0.25) is 0 Å². The van der Waals surface area contributed by atoms with E-state index in [9.17, 15) is 14.7 Å². The summed E-state index contributed by atoms with van der Waals surface area (Å²) in [5, 5.41) is 21.5. The molecule has 3 N–H and O–H groups in total. The van der Waals surface area contributed by atoms with Crippen LogP contribution in [0.15, 0.2) is 85.2 Å². The van der Waals surface area contributed by atoms with Crippen molar-refractivity contribution in [2.24, 2.45) is 0 Å². The molecule has 1 aliphatic heterocycles. The molecule has 0 bridgehead atoms. The van der Waals surface area contributed by atoms with Gasteiger partial charge in [-0.3, -0.25) is 9.59 Å². The van der Waals surface area contributed by atoms with Crippen molar-refractivity contribution in [3.63, 3.8) is 0 Å². The molecular formula is C32H34N6O4. The van der Waals surface area contributed by atoms with Gasteiger partial charge in [0.25, 0.3) is 11.8 Å². The van der Waals surface area contributed by atoms with E-state index < -0.39 is 24.0 Å². The van der Waals surface area contributed by atoms with Gasteiger partial charge >= 0.3 is 0 Å². The number of benzene rings is 2. The van der Waals surface area contributed by atoms with Crippen molar-refractivity contribution >= 4 is 17.5 Å². The Bertz CT molecular complexity index is 1530. The lowest BCUT2D eigenvalue weighted by Gasteiger charge is -2.29. The second kappa shape index (κ2) is 12.5. The number of morpholine rings is 1. The maximum atomic E-state index is 13.6. The SMILES string of the molecule is O=C(NC(Cc1ccccc1)C(O)C(=O)NC1CC1)c1cccnc1-n1ccc(-c2cccc(N3CCOCC3)c2)n1. The average molecular weight is 567 g/mol. The normalized spacial score (nSPS) is 16.5. The van der Waals surface area contributed by atoms with Gasteiger partial charge < -0.3 is 25.4 Å². The molecule has 2 aromatic carbocycles. The molecule has 1 saturated heterocycles. The molecular weight excluding hydrogens is 532 g/mol. The fourth-order valence-corrected chi connectivity index (χ4v) is 5.09. The third-order valence-corrected chi connectivity index (χ3v) is 7.54. The first-order chi connectivity index (χ1) is 20.5. The molecule has 2 aliphatic rings. The van der Waals surface area contributed by atoms with Gasteiger partial charge in [0.1, 0.15) is 0 Å². The maximum Gasteiger partial charge on any atom is 0.255 e. The third-order valence-electron chi connectivity index (χ3n) is 7.54. The number of aliphatic hydroxyl groups is 1. The Morgan fingerprint density at radius 3 is 2.60 bits per heavy atom. The van der Waals surface area contributed by atoms with Crippen LogP contribution in [0.3, 0.4) is 0 Å². The molecule has 0 spiro atoms. The molecule has 2 amide bonds. The summed E-state index contributed by atoms with van der Waals surface area (Å²) >= 11 is 0. The van der Waals surface area contributed by atoms with E-state index in [1.807, 2.05) is 48.5 Å². The van der Waals surface area contributed by atoms with Crippen molar-refractivity contribution in [2.75, 3.05) is 31.2 Å². The van der Waals surface area contributed by atoms with Crippen LogP contribution in [0.25, 0.3) is 17.1 Å². The molecule has 3 heterocycles. The highest BCUT2D eigenvalue weighted by molar-refractivity contribution is 5.97. The van der Waals surface area contributed by atoms with Gasteiger partial charge in [0.15, 0.2) is 11.9 Å². The number of carbonyl (C=O) groups is 2. The van der Waals surface area contributed by atoms with Crippen molar-refractivity contribution in [3.05, 3.63) is 96.3 Å². The lowest BCUT2D eigenvalue weighted by atomic mass is 10.00. The molecule has 0 radical (unpaired) electrons. The Labute approximate surface area is 244 Å². The summed E-state index contributed by atoms with van der Waals surface area (Å²) in [6.07, 6.45) is 4.05. The van der Waals surface area contributed by atoms with Crippen molar-refractivity contribution in [2.45, 2.75) is 37.5 Å². The van der Waals surface area contributed by atoms with Gasteiger partial charge in [0, 0.05) is 42.8 Å². The van der Waals surface area contributed by atoms with Gasteiger partial charge in [-0.15, -0.1) is 0 Å². The summed E-state index contributed by atoms with van der Waals surface area (Å²) in [4.78, 5) is 33.1. The van der Waals surface area contributed by atoms with Crippen molar-refractivity contribution in [1.82, 2.24) is 25.4 Å². The van der Waals surface area contributed by atoms with Gasteiger partial charge in [0.2, 0.25) is 0 Å². The van der Waals surface area contributed by atoms with Crippen LogP contribution in [0.1, 0.15) is 28.8 Å². The average Bonchev–Trinajstić information content (AvgIpc) is 3.72. The van der Waals surface area contributed by atoms with E-state index in [0.717, 1.165) is 48.4 Å². The Hall–Kier alpha value is -4.54. The fourth-order valence-electron chi connectivity index (χ4n) is 5.09. The number of nitrogens with one attached hydrogen (secondary N) is 2. The zero-order chi connectivity index (χ0) is 28.9. The number of aromatic nitrogens is 3. The first-order valence-corrected chi connectivity index (χ1v) is 14.3. The molecule has 1 aliphatic carbocycles. The maximum absolute atomic E-state index is 13.6. The van der Waals surface area contributed by atoms with Gasteiger partial charge in [-0.2, -0.15) is 5.10 Å². The highest BCUT2D eigenvalue weighted by Crippen LogP contribution is 2.25. The van der Waals surface area contributed by atoms with E-state index in [1.54, 1.807) is 29.2 Å². The number of pyridine rings is 1. The summed E-state index contributed by atoms with van der Waals surface area (Å²) in [5.74, 6) is -0.592. The van der Waals surface area contributed by atoms with E-state index >= 15 is 0 Å². The monoisotopic (exact) mass is 566 g/mol. The number of hydrogen-bond donors (Lipinski definition) is 3. The van der Waals surface area contributed by atoms with Crippen LogP contribution in [0, 0.1) is 0 Å². The predicted molar refractivity (Wildman–Crippen MR) is 158 cm³/mol. The van der Waals surface area contributed by atoms with Crippen LogP contribution in [0.5, 0.6) is 0 Å². The van der Waals surface area contributed by atoms with E-state index in [2.05, 4.69) is 32.7 Å². The number of nitrogens with zero attached hydrogens (tertiary/aromatic N) is 4. The quantitative estimate of drug-likeness (QED) is 0.270. The molecule has 2 unspecified atom stereocenters. The zero-order valence-electron chi connectivity index (χ0n) is 23.2. The molecule has 1 saturated carbocycles. The molecule has 42 heavy (non-hydrogen) atoms. The largest absolute Gasteiger partial charge is 0.381 e. The van der Waals surface area contributed by atoms with E-state index in [4.69, 9.17) is 9.84 Å². The van der Waals surface area contributed by atoms with Gasteiger partial charge in [-0.05, 0) is 55.2 Å². The molecule has 10 heteroatoms. The second-order valence-corrected chi connectivity index (χ2v) is 10.7. The van der Waals surface area contributed by atoms with E-state index in [1.165, 1.54) is 0 Å². The number of anilines is 1. The Morgan fingerprint density at radius 1 is 1.00 bits per heavy atom. The first kappa shape index (κ1) is 27.6. The molecule has 10 nitrogen and oxygen atoms in total. The molecule has 2 fully saturated rings. The summed E-state index contributed by atoms with van der Waals surface area (Å²) < 4.78 is 7.06. The number of hydrogen-bond acceptors (Lipinski definition) is 7. The first-order valence-electron chi connectivity index (χ1n) is 14.3. The van der Waals surface area contributed by atoms with Gasteiger partial charge in [0.05, 0.1) is 30.5 Å². The Balaban J connectivity index is 1.23. The number of carbonyl (C=O) groups excluding carboxylic acids is 2. The lowest BCUT2D eigenvalue weighted by molar-refractivity contribution is -0.130. The smallest absolute Gasteiger partial charge is 0.255 e. The minimum absolute atomic E-state index is 0.0914. The van der Waals surface area contributed by atoms with Crippen LogP contribution in [0.4, 0.5) is 5.69 Å². The van der Waals surface area contributed by atoms with Gasteiger partial charge in [-0.25, -0.2) is 9.67 Å². The van der Waals surface area contributed by atoms with Crippen LogP contribution < -0.4 is 15.5 Å². The predicted octanol–water partition coefficient (Wildman–Crippen LogP) is 2.75.